The van der Waals surface area contributed by atoms with Crippen LogP contribution in [0.15, 0.2) is 36.5 Å². The van der Waals surface area contributed by atoms with E-state index in [1.165, 1.54) is 5.69 Å². The van der Waals surface area contributed by atoms with Crippen molar-refractivity contribution in [2.75, 3.05) is 13.1 Å². The normalized spacial score (nSPS) is 15.2. The number of aliphatic carboxylic acids is 1. The highest BCUT2D eigenvalue weighted by molar-refractivity contribution is 5.69. The third kappa shape index (κ3) is 2.37. The first kappa shape index (κ1) is 11.9. The third-order valence-corrected chi connectivity index (χ3v) is 3.37. The molecule has 0 unspecified atom stereocenters. The van der Waals surface area contributed by atoms with Gasteiger partial charge < -0.3 is 5.11 Å². The number of benzene rings is 1. The smallest absolute Gasteiger partial charge is 0.317 e. The zero-order valence-electron chi connectivity index (χ0n) is 10.5. The lowest BCUT2D eigenvalue weighted by Crippen LogP contribution is -2.35. The van der Waals surface area contributed by atoms with Gasteiger partial charge in [-0.3, -0.25) is 9.69 Å². The van der Waals surface area contributed by atoms with Crippen molar-refractivity contribution in [3.8, 4) is 5.69 Å². The van der Waals surface area contributed by atoms with Gasteiger partial charge in [0.2, 0.25) is 0 Å². The topological polar surface area (TPSA) is 58.4 Å². The molecule has 2 aromatic rings. The first-order chi connectivity index (χ1) is 9.24. The van der Waals surface area contributed by atoms with Crippen LogP contribution in [-0.2, 0) is 17.8 Å². The van der Waals surface area contributed by atoms with Gasteiger partial charge in [0, 0.05) is 30.8 Å². The van der Waals surface area contributed by atoms with E-state index in [1.807, 2.05) is 46.1 Å². The van der Waals surface area contributed by atoms with E-state index in [-0.39, 0.29) is 6.54 Å². The highest BCUT2D eigenvalue weighted by Crippen LogP contribution is 2.21. The lowest BCUT2D eigenvalue weighted by molar-refractivity contribution is -0.138. The number of aromatic nitrogens is 2. The van der Waals surface area contributed by atoms with Crippen molar-refractivity contribution in [1.29, 1.82) is 0 Å². The van der Waals surface area contributed by atoms with Gasteiger partial charge in [-0.05, 0) is 12.1 Å². The van der Waals surface area contributed by atoms with Crippen molar-refractivity contribution in [2.24, 2.45) is 0 Å². The molecule has 0 saturated carbocycles. The fourth-order valence-corrected chi connectivity index (χ4v) is 2.51. The van der Waals surface area contributed by atoms with E-state index in [1.54, 1.807) is 0 Å². The molecule has 5 heteroatoms. The fourth-order valence-electron chi connectivity index (χ4n) is 2.51. The molecule has 0 fully saturated rings. The Labute approximate surface area is 111 Å². The zero-order valence-corrected chi connectivity index (χ0v) is 10.5. The minimum absolute atomic E-state index is 0.0932. The number of rotatable bonds is 3. The molecule has 5 nitrogen and oxygen atoms in total. The van der Waals surface area contributed by atoms with Gasteiger partial charge in [-0.1, -0.05) is 18.2 Å². The van der Waals surface area contributed by atoms with Gasteiger partial charge in [0.15, 0.2) is 0 Å². The van der Waals surface area contributed by atoms with Gasteiger partial charge in [0.25, 0.3) is 0 Å². The second kappa shape index (κ2) is 4.85. The number of nitrogens with zero attached hydrogens (tertiary/aromatic N) is 3. The molecule has 0 bridgehead atoms. The highest BCUT2D eigenvalue weighted by atomic mass is 16.4. The maximum Gasteiger partial charge on any atom is 0.317 e. The minimum Gasteiger partial charge on any atom is -0.480 e. The van der Waals surface area contributed by atoms with E-state index < -0.39 is 5.97 Å². The molecule has 0 aliphatic carbocycles. The van der Waals surface area contributed by atoms with Crippen molar-refractivity contribution in [3.05, 3.63) is 47.8 Å². The molecule has 1 aromatic heterocycles. The molecule has 19 heavy (non-hydrogen) atoms. The number of fused-ring (bicyclic) bond motifs is 1. The Hall–Kier alpha value is -2.14. The van der Waals surface area contributed by atoms with Crippen molar-refractivity contribution in [3.63, 3.8) is 0 Å². The van der Waals surface area contributed by atoms with E-state index in [4.69, 9.17) is 5.11 Å². The Morgan fingerprint density at radius 3 is 2.84 bits per heavy atom. The lowest BCUT2D eigenvalue weighted by Gasteiger charge is -2.25. The van der Waals surface area contributed by atoms with Gasteiger partial charge in [-0.25, -0.2) is 4.68 Å². The van der Waals surface area contributed by atoms with Crippen LogP contribution in [0.4, 0.5) is 0 Å². The molecule has 0 saturated heterocycles. The van der Waals surface area contributed by atoms with Crippen LogP contribution in [0, 0.1) is 0 Å². The van der Waals surface area contributed by atoms with Gasteiger partial charge in [0.05, 0.1) is 18.4 Å². The van der Waals surface area contributed by atoms with E-state index in [0.29, 0.717) is 6.54 Å². The molecule has 1 aliphatic rings. The summed E-state index contributed by atoms with van der Waals surface area (Å²) in [5, 5.41) is 13.3. The second-order valence-corrected chi connectivity index (χ2v) is 4.72. The SMILES string of the molecule is O=C(O)CN1CCc2c(cnn2-c2ccccc2)C1. The first-order valence-electron chi connectivity index (χ1n) is 6.29. The summed E-state index contributed by atoms with van der Waals surface area (Å²) in [6, 6.07) is 10.0. The number of carbonyl (C=O) groups is 1. The number of para-hydroxylation sites is 1. The largest absolute Gasteiger partial charge is 0.480 e. The van der Waals surface area contributed by atoms with Crippen LogP contribution in [0.25, 0.3) is 5.69 Å². The Morgan fingerprint density at radius 2 is 2.11 bits per heavy atom. The highest BCUT2D eigenvalue weighted by Gasteiger charge is 2.22. The summed E-state index contributed by atoms with van der Waals surface area (Å²) in [4.78, 5) is 12.7. The number of carboxylic acid groups (broad SMARTS) is 1. The Bertz CT molecular complexity index is 592. The molecule has 98 valence electrons. The molecule has 0 amide bonds. The molecule has 1 N–H and O–H groups in total. The maximum atomic E-state index is 10.7. The summed E-state index contributed by atoms with van der Waals surface area (Å²) < 4.78 is 1.95. The van der Waals surface area contributed by atoms with Crippen LogP contribution in [0.5, 0.6) is 0 Å². The quantitative estimate of drug-likeness (QED) is 0.900. The van der Waals surface area contributed by atoms with Crippen LogP contribution in [0.2, 0.25) is 0 Å². The summed E-state index contributed by atoms with van der Waals surface area (Å²) in [5.74, 6) is -0.779. The Balaban J connectivity index is 1.86. The number of hydrogen-bond acceptors (Lipinski definition) is 3. The molecular weight excluding hydrogens is 242 g/mol. The van der Waals surface area contributed by atoms with E-state index in [0.717, 1.165) is 24.2 Å². The van der Waals surface area contributed by atoms with E-state index in [2.05, 4.69) is 5.10 Å². The van der Waals surface area contributed by atoms with E-state index >= 15 is 0 Å². The van der Waals surface area contributed by atoms with Gasteiger partial charge in [-0.2, -0.15) is 5.10 Å². The standard InChI is InChI=1S/C14H15N3O2/c18-14(19)10-16-7-6-13-11(9-16)8-15-17(13)12-4-2-1-3-5-12/h1-5,8H,6-7,9-10H2,(H,18,19). The van der Waals surface area contributed by atoms with Crippen LogP contribution < -0.4 is 0 Å². The zero-order chi connectivity index (χ0) is 13.2. The van der Waals surface area contributed by atoms with Gasteiger partial charge in [0.1, 0.15) is 0 Å². The summed E-state index contributed by atoms with van der Waals surface area (Å²) in [5.41, 5.74) is 3.36. The first-order valence-corrected chi connectivity index (χ1v) is 6.29. The summed E-state index contributed by atoms with van der Waals surface area (Å²) in [6.07, 6.45) is 2.67. The monoisotopic (exact) mass is 257 g/mol. The predicted molar refractivity (Wildman–Crippen MR) is 70.2 cm³/mol. The van der Waals surface area contributed by atoms with Crippen molar-refractivity contribution >= 4 is 5.97 Å². The molecule has 0 atom stereocenters. The van der Waals surface area contributed by atoms with Crippen LogP contribution in [0.1, 0.15) is 11.3 Å². The molecule has 1 aromatic carbocycles. The second-order valence-electron chi connectivity index (χ2n) is 4.72. The lowest BCUT2D eigenvalue weighted by atomic mass is 10.1. The fraction of sp³-hybridized carbons (Fsp3) is 0.286. The predicted octanol–water partition coefficient (Wildman–Crippen LogP) is 1.31. The average Bonchev–Trinajstić information content (AvgIpc) is 2.82. The Kier molecular flexibility index (Phi) is 3.05. The van der Waals surface area contributed by atoms with Gasteiger partial charge >= 0.3 is 5.97 Å². The van der Waals surface area contributed by atoms with Crippen molar-refractivity contribution in [1.82, 2.24) is 14.7 Å². The molecular formula is C14H15N3O2. The number of hydrogen-bond donors (Lipinski definition) is 1. The third-order valence-electron chi connectivity index (χ3n) is 3.37. The molecule has 2 heterocycles. The van der Waals surface area contributed by atoms with Gasteiger partial charge in [-0.15, -0.1) is 0 Å². The molecule has 0 spiro atoms. The molecule has 0 radical (unpaired) electrons. The molecule has 1 aliphatic heterocycles. The summed E-state index contributed by atoms with van der Waals surface area (Å²) in [7, 11) is 0. The van der Waals surface area contributed by atoms with Crippen LogP contribution >= 0.6 is 0 Å². The number of carboxylic acids is 1. The van der Waals surface area contributed by atoms with Crippen LogP contribution in [0.3, 0.4) is 0 Å². The van der Waals surface area contributed by atoms with Crippen LogP contribution in [-0.4, -0.2) is 38.8 Å². The van der Waals surface area contributed by atoms with Crippen molar-refractivity contribution in [2.45, 2.75) is 13.0 Å². The van der Waals surface area contributed by atoms with Crippen molar-refractivity contribution < 1.29 is 9.90 Å². The summed E-state index contributed by atoms with van der Waals surface area (Å²) in [6.45, 7) is 1.52. The Morgan fingerprint density at radius 1 is 1.32 bits per heavy atom. The molecule has 3 rings (SSSR count). The average molecular weight is 257 g/mol. The summed E-state index contributed by atoms with van der Waals surface area (Å²) >= 11 is 0. The maximum absolute atomic E-state index is 10.7. The van der Waals surface area contributed by atoms with E-state index in [9.17, 15) is 4.79 Å². The minimum atomic E-state index is -0.779.